The van der Waals surface area contributed by atoms with Crippen LogP contribution in [0.2, 0.25) is 0 Å². The maximum absolute atomic E-state index is 12.6. The Kier molecular flexibility index (Phi) is 21.2. The van der Waals surface area contributed by atoms with Gasteiger partial charge in [0.2, 0.25) is 0 Å². The molecular formula is C33H60O15. The minimum Gasteiger partial charge on any atom is -0.462 e. The molecular weight excluding hydrogens is 636 g/mol. The summed E-state index contributed by atoms with van der Waals surface area (Å²) < 4.78 is 33.0. The van der Waals surface area contributed by atoms with Crippen molar-refractivity contribution >= 4 is 11.9 Å². The Bertz CT molecular complexity index is 876. The second kappa shape index (κ2) is 23.8. The summed E-state index contributed by atoms with van der Waals surface area (Å²) in [5.41, 5.74) is 0. The monoisotopic (exact) mass is 696 g/mol. The third kappa shape index (κ3) is 14.8. The molecule has 0 spiro atoms. The summed E-state index contributed by atoms with van der Waals surface area (Å²) in [5, 5.41) is 71.1. The summed E-state index contributed by atoms with van der Waals surface area (Å²) in [6, 6.07) is 0. The van der Waals surface area contributed by atoms with Gasteiger partial charge in [-0.3, -0.25) is 9.59 Å². The second-order valence-corrected chi connectivity index (χ2v) is 12.7. The van der Waals surface area contributed by atoms with Crippen molar-refractivity contribution in [3.8, 4) is 0 Å². The number of carbonyl (C=O) groups is 2. The number of aliphatic hydroxyl groups excluding tert-OH is 7. The van der Waals surface area contributed by atoms with Crippen molar-refractivity contribution in [2.45, 2.75) is 171 Å². The Labute approximate surface area is 283 Å². The first-order chi connectivity index (χ1) is 23.0. The van der Waals surface area contributed by atoms with E-state index in [1.54, 1.807) is 0 Å². The van der Waals surface area contributed by atoms with Gasteiger partial charge in [0.1, 0.15) is 55.4 Å². The number of rotatable bonds is 24. The maximum atomic E-state index is 12.6. The lowest BCUT2D eigenvalue weighted by Gasteiger charge is -2.42. The zero-order chi connectivity index (χ0) is 35.5. The molecule has 11 unspecified atom stereocenters. The first-order valence-corrected chi connectivity index (χ1v) is 17.6. The molecule has 0 aromatic rings. The first kappa shape index (κ1) is 42.7. The van der Waals surface area contributed by atoms with Crippen LogP contribution in [0.15, 0.2) is 0 Å². The summed E-state index contributed by atoms with van der Waals surface area (Å²) in [4.78, 5) is 25.0. The molecule has 2 saturated heterocycles. The highest BCUT2D eigenvalue weighted by atomic mass is 16.7. The normalized spacial score (nSPS) is 31.4. The molecule has 15 heteroatoms. The van der Waals surface area contributed by atoms with Crippen molar-refractivity contribution in [2.75, 3.05) is 26.4 Å². The number of unbranched alkanes of at least 4 members (excludes halogenated alkanes) is 10. The highest BCUT2D eigenvalue weighted by Gasteiger charge is 2.47. The van der Waals surface area contributed by atoms with Crippen LogP contribution in [0.25, 0.3) is 0 Å². The van der Waals surface area contributed by atoms with Crippen LogP contribution >= 0.6 is 0 Å². The third-order valence-electron chi connectivity index (χ3n) is 8.59. The summed E-state index contributed by atoms with van der Waals surface area (Å²) in [5.74, 6) is -0.946. The van der Waals surface area contributed by atoms with Gasteiger partial charge in [-0.15, -0.1) is 0 Å². The van der Waals surface area contributed by atoms with Crippen molar-refractivity contribution in [1.29, 1.82) is 0 Å². The molecule has 0 aliphatic carbocycles. The molecule has 2 fully saturated rings. The van der Waals surface area contributed by atoms with Crippen LogP contribution in [0.4, 0.5) is 0 Å². The van der Waals surface area contributed by atoms with Crippen LogP contribution in [0, 0.1) is 0 Å². The van der Waals surface area contributed by atoms with E-state index in [2.05, 4.69) is 13.8 Å². The molecule has 2 rings (SSSR count). The molecule has 11 atom stereocenters. The standard InChI is InChI=1S/C33H60O15/c1-3-5-7-9-11-13-15-24(35)43-18-21(46-25(36)16-14-12-10-8-6-4-2)19-44-32-31(42)29(40)27(38)23(48-32)20-45-33-30(41)28(39)26(37)22(17-34)47-33/h21-23,26-34,37-42H,3-20H2,1-2H3. The van der Waals surface area contributed by atoms with E-state index in [0.29, 0.717) is 12.8 Å². The van der Waals surface area contributed by atoms with Crippen molar-refractivity contribution in [3.05, 3.63) is 0 Å². The molecule has 2 heterocycles. The Morgan fingerprint density at radius 3 is 1.62 bits per heavy atom. The lowest BCUT2D eigenvalue weighted by Crippen LogP contribution is -2.61. The molecule has 0 radical (unpaired) electrons. The van der Waals surface area contributed by atoms with Gasteiger partial charge >= 0.3 is 11.9 Å². The van der Waals surface area contributed by atoms with E-state index in [4.69, 9.17) is 28.4 Å². The molecule has 2 aliphatic heterocycles. The van der Waals surface area contributed by atoms with Gasteiger partial charge in [0.25, 0.3) is 0 Å². The average Bonchev–Trinajstić information content (AvgIpc) is 3.07. The van der Waals surface area contributed by atoms with Crippen molar-refractivity contribution in [1.82, 2.24) is 0 Å². The topological polar surface area (TPSA) is 231 Å². The lowest BCUT2D eigenvalue weighted by atomic mass is 9.98. The number of hydrogen-bond acceptors (Lipinski definition) is 15. The highest BCUT2D eigenvalue weighted by Crippen LogP contribution is 2.26. The summed E-state index contributed by atoms with van der Waals surface area (Å²) in [7, 11) is 0. The largest absolute Gasteiger partial charge is 0.462 e. The van der Waals surface area contributed by atoms with E-state index >= 15 is 0 Å². The second-order valence-electron chi connectivity index (χ2n) is 12.7. The van der Waals surface area contributed by atoms with E-state index in [1.807, 2.05) is 0 Å². The summed E-state index contributed by atoms with van der Waals surface area (Å²) in [6.07, 6.45) is -4.56. The molecule has 0 aromatic heterocycles. The van der Waals surface area contributed by atoms with Crippen molar-refractivity contribution < 1.29 is 73.8 Å². The van der Waals surface area contributed by atoms with E-state index < -0.39 is 92.7 Å². The Balaban J connectivity index is 1.95. The first-order valence-electron chi connectivity index (χ1n) is 17.6. The zero-order valence-corrected chi connectivity index (χ0v) is 28.5. The van der Waals surface area contributed by atoms with Crippen LogP contribution < -0.4 is 0 Å². The Hall–Kier alpha value is -1.50. The van der Waals surface area contributed by atoms with E-state index in [-0.39, 0.29) is 26.1 Å². The Morgan fingerprint density at radius 2 is 1.06 bits per heavy atom. The zero-order valence-electron chi connectivity index (χ0n) is 28.5. The molecule has 282 valence electrons. The molecule has 0 saturated carbocycles. The summed E-state index contributed by atoms with van der Waals surface area (Å²) >= 11 is 0. The number of carbonyl (C=O) groups excluding carboxylic acids is 2. The Morgan fingerprint density at radius 1 is 0.583 bits per heavy atom. The van der Waals surface area contributed by atoms with E-state index in [1.165, 1.54) is 0 Å². The van der Waals surface area contributed by atoms with E-state index in [0.717, 1.165) is 64.2 Å². The molecule has 0 aromatic carbocycles. The van der Waals surface area contributed by atoms with Crippen LogP contribution in [-0.2, 0) is 38.0 Å². The fourth-order valence-electron chi connectivity index (χ4n) is 5.51. The number of esters is 2. The molecule has 0 bridgehead atoms. The van der Waals surface area contributed by atoms with Gasteiger partial charge in [-0.1, -0.05) is 78.1 Å². The van der Waals surface area contributed by atoms with Gasteiger partial charge in [0, 0.05) is 12.8 Å². The molecule has 48 heavy (non-hydrogen) atoms. The van der Waals surface area contributed by atoms with Crippen molar-refractivity contribution in [2.24, 2.45) is 0 Å². The quantitative estimate of drug-likeness (QED) is 0.0541. The fraction of sp³-hybridized carbons (Fsp3) is 0.939. The van der Waals surface area contributed by atoms with Gasteiger partial charge in [-0.05, 0) is 12.8 Å². The number of hydrogen-bond donors (Lipinski definition) is 7. The SMILES string of the molecule is CCCCCCCCC(=O)OCC(COC1OC(COC2OC(CO)C(O)C(O)C2O)C(O)C(O)C1O)OC(=O)CCCCCCCC. The predicted octanol–water partition coefficient (Wildman–Crippen LogP) is 0.583. The van der Waals surface area contributed by atoms with Crippen LogP contribution in [-0.4, -0.2) is 142 Å². The van der Waals surface area contributed by atoms with Crippen LogP contribution in [0.1, 0.15) is 104 Å². The predicted molar refractivity (Wildman–Crippen MR) is 169 cm³/mol. The highest BCUT2D eigenvalue weighted by molar-refractivity contribution is 5.70. The van der Waals surface area contributed by atoms with E-state index in [9.17, 15) is 45.3 Å². The van der Waals surface area contributed by atoms with Crippen LogP contribution in [0.3, 0.4) is 0 Å². The van der Waals surface area contributed by atoms with Gasteiger partial charge in [0.15, 0.2) is 18.7 Å². The average molecular weight is 697 g/mol. The van der Waals surface area contributed by atoms with Crippen LogP contribution in [0.5, 0.6) is 0 Å². The molecule has 7 N–H and O–H groups in total. The molecule has 15 nitrogen and oxygen atoms in total. The van der Waals surface area contributed by atoms with Gasteiger partial charge in [-0.2, -0.15) is 0 Å². The minimum absolute atomic E-state index is 0.166. The van der Waals surface area contributed by atoms with Gasteiger partial charge in [-0.25, -0.2) is 0 Å². The number of aliphatic hydroxyl groups is 7. The lowest BCUT2D eigenvalue weighted by molar-refractivity contribution is -0.332. The maximum Gasteiger partial charge on any atom is 0.306 e. The van der Waals surface area contributed by atoms with Gasteiger partial charge < -0.3 is 64.2 Å². The fourth-order valence-corrected chi connectivity index (χ4v) is 5.51. The molecule has 2 aliphatic rings. The minimum atomic E-state index is -1.75. The molecule has 0 amide bonds. The summed E-state index contributed by atoms with van der Waals surface area (Å²) in [6.45, 7) is 2.38. The van der Waals surface area contributed by atoms with Crippen molar-refractivity contribution in [3.63, 3.8) is 0 Å². The third-order valence-corrected chi connectivity index (χ3v) is 8.59. The van der Waals surface area contributed by atoms with Gasteiger partial charge in [0.05, 0.1) is 19.8 Å². The number of ether oxygens (including phenoxy) is 6. The smallest absolute Gasteiger partial charge is 0.306 e.